The zero-order valence-electron chi connectivity index (χ0n) is 27.1. The molecule has 3 heterocycles. The first-order valence-corrected chi connectivity index (χ1v) is 16.4. The van der Waals surface area contributed by atoms with E-state index in [-0.39, 0.29) is 24.3 Å². The summed E-state index contributed by atoms with van der Waals surface area (Å²) >= 11 is 1.45. The lowest BCUT2D eigenvalue weighted by Gasteiger charge is -2.28. The van der Waals surface area contributed by atoms with Crippen LogP contribution in [0.3, 0.4) is 0 Å². The number of fused-ring (bicyclic) bond motifs is 1. The highest BCUT2D eigenvalue weighted by atomic mass is 32.1. The Morgan fingerprint density at radius 1 is 0.979 bits per heavy atom. The van der Waals surface area contributed by atoms with E-state index in [2.05, 4.69) is 20.9 Å². The van der Waals surface area contributed by atoms with Crippen LogP contribution in [0.25, 0.3) is 15.4 Å². The van der Waals surface area contributed by atoms with E-state index < -0.39 is 29.9 Å². The van der Waals surface area contributed by atoms with Gasteiger partial charge in [-0.2, -0.15) is 0 Å². The van der Waals surface area contributed by atoms with Crippen molar-refractivity contribution in [2.75, 3.05) is 23.8 Å². The summed E-state index contributed by atoms with van der Waals surface area (Å²) in [6.07, 6.45) is 3.57. The van der Waals surface area contributed by atoms with Gasteiger partial charge in [-0.25, -0.2) is 14.6 Å². The molecular formula is C34H40N6O6S. The van der Waals surface area contributed by atoms with Crippen LogP contribution >= 0.6 is 11.3 Å². The van der Waals surface area contributed by atoms with Gasteiger partial charge in [-0.3, -0.25) is 19.3 Å². The Balaban J connectivity index is 1.24. The number of hydrogen-bond acceptors (Lipinski definition) is 8. The van der Waals surface area contributed by atoms with Gasteiger partial charge >= 0.3 is 12.2 Å². The number of nitrogens with one attached hydrogen (secondary N) is 3. The van der Waals surface area contributed by atoms with Crippen LogP contribution < -0.4 is 16.0 Å². The molecule has 2 aromatic heterocycles. The summed E-state index contributed by atoms with van der Waals surface area (Å²) < 4.78 is 12.4. The normalized spacial score (nSPS) is 15.4. The number of thiazole rings is 1. The molecule has 5 rings (SSSR count). The molecule has 4 amide bonds. The number of imidazole rings is 1. The van der Waals surface area contributed by atoms with Crippen LogP contribution in [0.15, 0.2) is 67.0 Å². The summed E-state index contributed by atoms with van der Waals surface area (Å²) in [6, 6.07) is 14.6. The molecule has 0 spiro atoms. The number of anilines is 2. The van der Waals surface area contributed by atoms with Gasteiger partial charge < -0.3 is 25.0 Å². The van der Waals surface area contributed by atoms with E-state index in [1.54, 1.807) is 63.4 Å². The largest absolute Gasteiger partial charge is 0.449 e. The Hall–Kier alpha value is -4.91. The van der Waals surface area contributed by atoms with Crippen LogP contribution in [0.4, 0.5) is 21.1 Å². The van der Waals surface area contributed by atoms with Crippen molar-refractivity contribution in [1.82, 2.24) is 19.6 Å². The number of carbonyl (C=O) groups excluding carboxylic acids is 4. The molecule has 0 aliphatic carbocycles. The summed E-state index contributed by atoms with van der Waals surface area (Å²) in [4.78, 5) is 59.6. The summed E-state index contributed by atoms with van der Waals surface area (Å²) in [6.45, 7) is 9.88. The van der Waals surface area contributed by atoms with Gasteiger partial charge in [-0.15, -0.1) is 0 Å². The minimum absolute atomic E-state index is 0.143. The third kappa shape index (κ3) is 8.67. The van der Waals surface area contributed by atoms with Crippen LogP contribution in [0.1, 0.15) is 59.1 Å². The summed E-state index contributed by atoms with van der Waals surface area (Å²) in [7, 11) is 0. The van der Waals surface area contributed by atoms with Crippen molar-refractivity contribution in [1.29, 1.82) is 0 Å². The minimum Gasteiger partial charge on any atom is -0.449 e. The van der Waals surface area contributed by atoms with E-state index in [1.165, 1.54) is 16.2 Å². The first-order valence-electron chi connectivity index (χ1n) is 15.5. The van der Waals surface area contributed by atoms with Crippen LogP contribution in [0, 0.1) is 5.92 Å². The number of nitrogens with zero attached hydrogens (tertiary/aromatic N) is 3. The van der Waals surface area contributed by atoms with Gasteiger partial charge in [0.1, 0.15) is 17.7 Å². The molecule has 12 nitrogen and oxygen atoms in total. The number of likely N-dealkylation sites (tertiary alicyclic amines) is 1. The first kappa shape index (κ1) is 33.5. The second-order valence-corrected chi connectivity index (χ2v) is 13.8. The number of ether oxygens (including phenoxy) is 2. The highest BCUT2D eigenvalue weighted by Crippen LogP contribution is 2.31. The summed E-state index contributed by atoms with van der Waals surface area (Å²) in [5.41, 5.74) is 1.57. The number of carbonyl (C=O) groups is 4. The third-order valence-corrected chi connectivity index (χ3v) is 8.30. The van der Waals surface area contributed by atoms with Crippen molar-refractivity contribution in [3.63, 3.8) is 0 Å². The topological polar surface area (TPSA) is 143 Å². The molecule has 47 heavy (non-hydrogen) atoms. The van der Waals surface area contributed by atoms with Gasteiger partial charge in [0.15, 0.2) is 10.8 Å². The second-order valence-electron chi connectivity index (χ2n) is 12.8. The van der Waals surface area contributed by atoms with E-state index in [0.717, 1.165) is 10.4 Å². The number of amides is 4. The van der Waals surface area contributed by atoms with Crippen molar-refractivity contribution >= 4 is 51.8 Å². The summed E-state index contributed by atoms with van der Waals surface area (Å²) in [5.74, 6) is -0.203. The highest BCUT2D eigenvalue weighted by molar-refractivity contribution is 7.20. The van der Waals surface area contributed by atoms with Gasteiger partial charge in [0.2, 0.25) is 5.91 Å². The monoisotopic (exact) mass is 660 g/mol. The molecule has 0 bridgehead atoms. The van der Waals surface area contributed by atoms with Crippen LogP contribution in [0.2, 0.25) is 0 Å². The lowest BCUT2D eigenvalue weighted by Crippen LogP contribution is -2.48. The summed E-state index contributed by atoms with van der Waals surface area (Å²) in [5, 5.41) is 8.30. The van der Waals surface area contributed by atoms with Gasteiger partial charge in [0.05, 0.1) is 17.7 Å². The van der Waals surface area contributed by atoms with Gasteiger partial charge in [0, 0.05) is 18.4 Å². The maximum Gasteiger partial charge on any atom is 0.412 e. The number of aromatic nitrogens is 2. The minimum atomic E-state index is -0.997. The molecule has 1 saturated heterocycles. The highest BCUT2D eigenvalue weighted by Gasteiger charge is 2.38. The fourth-order valence-electron chi connectivity index (χ4n) is 5.14. The molecule has 0 unspecified atom stereocenters. The molecular weight excluding hydrogens is 620 g/mol. The van der Waals surface area contributed by atoms with Crippen molar-refractivity contribution in [3.05, 3.63) is 72.6 Å². The number of alkyl carbamates (subject to hydrolysis) is 1. The van der Waals surface area contributed by atoms with Crippen LogP contribution in [0.5, 0.6) is 0 Å². The molecule has 4 aromatic rings. The number of rotatable bonds is 9. The molecule has 248 valence electrons. The fraction of sp³-hybridized carbons (Fsp3) is 0.382. The Labute approximate surface area is 277 Å². The molecule has 2 atom stereocenters. The molecule has 3 N–H and O–H groups in total. The van der Waals surface area contributed by atoms with E-state index in [9.17, 15) is 19.2 Å². The quantitative estimate of drug-likeness (QED) is 0.187. The molecule has 1 aliphatic heterocycles. The Morgan fingerprint density at radius 2 is 1.70 bits per heavy atom. The van der Waals surface area contributed by atoms with Crippen LogP contribution in [-0.2, 0) is 19.1 Å². The Morgan fingerprint density at radius 3 is 2.36 bits per heavy atom. The fourth-order valence-corrected chi connectivity index (χ4v) is 6.11. The predicted octanol–water partition coefficient (Wildman–Crippen LogP) is 6.46. The average Bonchev–Trinajstić information content (AvgIpc) is 3.74. The van der Waals surface area contributed by atoms with E-state index >= 15 is 0 Å². The number of benzene rings is 2. The van der Waals surface area contributed by atoms with Crippen molar-refractivity contribution in [2.24, 2.45) is 5.92 Å². The molecule has 0 radical (unpaired) electrons. The van der Waals surface area contributed by atoms with Crippen molar-refractivity contribution in [3.8, 4) is 10.4 Å². The van der Waals surface area contributed by atoms with E-state index in [0.29, 0.717) is 41.4 Å². The van der Waals surface area contributed by atoms with E-state index in [1.807, 2.05) is 42.6 Å². The SMILES string of the molecule is CC(C)COC(=O)N[C@H](C(=O)N1CCC[C@H]1C(=O)Nc1cn2cc(-c3ccc(NC(=O)OC(C)(C)C)cc3)sc2n1)c1ccccc1. The predicted molar refractivity (Wildman–Crippen MR) is 180 cm³/mol. The molecule has 13 heteroatoms. The zero-order chi connectivity index (χ0) is 33.7. The second kappa shape index (κ2) is 14.2. The van der Waals surface area contributed by atoms with Gasteiger partial charge in [0.25, 0.3) is 5.91 Å². The molecule has 0 saturated carbocycles. The van der Waals surface area contributed by atoms with Crippen molar-refractivity contribution < 1.29 is 28.7 Å². The van der Waals surface area contributed by atoms with Gasteiger partial charge in [-0.1, -0.05) is 67.6 Å². The maximum atomic E-state index is 13.8. The molecule has 1 aliphatic rings. The molecule has 2 aromatic carbocycles. The smallest absolute Gasteiger partial charge is 0.412 e. The lowest BCUT2D eigenvalue weighted by molar-refractivity contribution is -0.138. The maximum absolute atomic E-state index is 13.8. The standard InChI is InChI=1S/C34H40N6O6S/c1-21(2)20-45-32(43)38-28(23-10-7-6-8-11-23)30(42)40-17-9-12-25(40)29(41)36-27-19-39-18-26(47-31(39)37-27)22-13-15-24(16-14-22)35-33(44)46-34(3,4)5/h6-8,10-11,13-16,18-19,21,25,28H,9,12,17,20H2,1-5H3,(H,35,44)(H,36,41)(H,38,43)/t25-,28-/m0/s1. The Bertz CT molecular complexity index is 1700. The Kier molecular flexibility index (Phi) is 10.1. The zero-order valence-corrected chi connectivity index (χ0v) is 27.9. The van der Waals surface area contributed by atoms with Crippen LogP contribution in [-0.4, -0.2) is 63.1 Å². The van der Waals surface area contributed by atoms with Gasteiger partial charge in [-0.05, 0) is 62.8 Å². The molecule has 1 fully saturated rings. The first-order chi connectivity index (χ1) is 22.4. The number of hydrogen-bond donors (Lipinski definition) is 3. The average molecular weight is 661 g/mol. The van der Waals surface area contributed by atoms with E-state index in [4.69, 9.17) is 9.47 Å². The van der Waals surface area contributed by atoms with Crippen molar-refractivity contribution in [2.45, 2.75) is 65.1 Å². The lowest BCUT2D eigenvalue weighted by atomic mass is 10.0. The third-order valence-electron chi connectivity index (χ3n) is 7.25.